The number of nitrogens with one attached hydrogen (secondary N) is 1. The lowest BCUT2D eigenvalue weighted by atomic mass is 9.98. The second-order valence-electron chi connectivity index (χ2n) is 7.35. The van der Waals surface area contributed by atoms with Crippen LogP contribution < -0.4 is 0 Å². The number of aryl methyl sites for hydroxylation is 1. The van der Waals surface area contributed by atoms with Gasteiger partial charge in [0.05, 0.1) is 6.20 Å². The lowest BCUT2D eigenvalue weighted by Crippen LogP contribution is -2.40. The van der Waals surface area contributed by atoms with E-state index in [0.29, 0.717) is 25.4 Å². The van der Waals surface area contributed by atoms with Gasteiger partial charge in [-0.05, 0) is 31.2 Å². The Morgan fingerprint density at radius 1 is 1.00 bits per heavy atom. The van der Waals surface area contributed by atoms with E-state index in [0.717, 1.165) is 44.3 Å². The monoisotopic (exact) mass is 346 g/mol. The molecule has 0 atom stereocenters. The molecule has 0 radical (unpaired) electrons. The average molecular weight is 346 g/mol. The lowest BCUT2D eigenvalue weighted by molar-refractivity contribution is -0.136. The molecule has 2 aliphatic rings. The van der Waals surface area contributed by atoms with E-state index in [1.165, 1.54) is 25.7 Å². The molecule has 0 unspecified atom stereocenters. The number of H-pyrrole nitrogens is 1. The molecule has 3 rings (SSSR count). The maximum Gasteiger partial charge on any atom is 0.225 e. The van der Waals surface area contributed by atoms with Gasteiger partial charge in [0.1, 0.15) is 0 Å². The van der Waals surface area contributed by atoms with Crippen LogP contribution in [0, 0.1) is 5.92 Å². The van der Waals surface area contributed by atoms with Crippen LogP contribution in [0.2, 0.25) is 0 Å². The van der Waals surface area contributed by atoms with Crippen LogP contribution in [0.4, 0.5) is 0 Å². The molecule has 2 heterocycles. The number of hydrogen-bond donors (Lipinski definition) is 1. The van der Waals surface area contributed by atoms with Crippen molar-refractivity contribution >= 4 is 11.8 Å². The molecule has 0 bridgehead atoms. The van der Waals surface area contributed by atoms with Crippen LogP contribution >= 0.6 is 0 Å². The van der Waals surface area contributed by atoms with Gasteiger partial charge in [-0.15, -0.1) is 0 Å². The minimum Gasteiger partial charge on any atom is -0.341 e. The lowest BCUT2D eigenvalue weighted by Gasteiger charge is -2.26. The second kappa shape index (κ2) is 9.02. The summed E-state index contributed by atoms with van der Waals surface area (Å²) in [5.41, 5.74) is 1.06. The van der Waals surface area contributed by atoms with Gasteiger partial charge in [0, 0.05) is 44.7 Å². The van der Waals surface area contributed by atoms with Gasteiger partial charge in [-0.25, -0.2) is 0 Å². The van der Waals surface area contributed by atoms with Crippen molar-refractivity contribution in [3.63, 3.8) is 0 Å². The van der Waals surface area contributed by atoms with Crippen molar-refractivity contribution in [2.24, 2.45) is 5.92 Å². The number of nitrogens with zero attached hydrogens (tertiary/aromatic N) is 3. The van der Waals surface area contributed by atoms with Crippen LogP contribution in [0.3, 0.4) is 0 Å². The fourth-order valence-corrected chi connectivity index (χ4v) is 4.00. The van der Waals surface area contributed by atoms with Crippen molar-refractivity contribution in [1.29, 1.82) is 0 Å². The largest absolute Gasteiger partial charge is 0.341 e. The molecule has 1 N–H and O–H groups in total. The molecular formula is C19H30N4O2. The van der Waals surface area contributed by atoms with Gasteiger partial charge in [0.15, 0.2) is 0 Å². The third kappa shape index (κ3) is 5.06. The number of carbonyl (C=O) groups is 2. The first kappa shape index (κ1) is 18.0. The maximum atomic E-state index is 12.8. The summed E-state index contributed by atoms with van der Waals surface area (Å²) in [5, 5.41) is 6.69. The highest BCUT2D eigenvalue weighted by molar-refractivity contribution is 5.79. The van der Waals surface area contributed by atoms with Crippen molar-refractivity contribution in [2.75, 3.05) is 26.2 Å². The Morgan fingerprint density at radius 2 is 1.72 bits per heavy atom. The van der Waals surface area contributed by atoms with Crippen LogP contribution in [0.25, 0.3) is 0 Å². The fourth-order valence-electron chi connectivity index (χ4n) is 4.00. The molecule has 1 aromatic rings. The van der Waals surface area contributed by atoms with E-state index >= 15 is 0 Å². The zero-order valence-corrected chi connectivity index (χ0v) is 15.1. The van der Waals surface area contributed by atoms with Crippen LogP contribution in [-0.2, 0) is 16.0 Å². The molecule has 138 valence electrons. The standard InChI is InChI=1S/C19H30N4O2/c24-18(9-8-16-14-20-21-15-16)22-10-5-11-23(13-12-22)19(25)17-6-3-1-2-4-7-17/h14-15,17H,1-13H2,(H,20,21). The summed E-state index contributed by atoms with van der Waals surface area (Å²) in [4.78, 5) is 29.2. The number of hydrogen-bond acceptors (Lipinski definition) is 3. The summed E-state index contributed by atoms with van der Waals surface area (Å²) < 4.78 is 0. The summed E-state index contributed by atoms with van der Waals surface area (Å²) in [7, 11) is 0. The molecule has 6 nitrogen and oxygen atoms in total. The Kier molecular flexibility index (Phi) is 6.48. The molecule has 1 saturated carbocycles. The highest BCUT2D eigenvalue weighted by Gasteiger charge is 2.27. The minimum atomic E-state index is 0.185. The van der Waals surface area contributed by atoms with E-state index in [4.69, 9.17) is 0 Å². The number of carbonyl (C=O) groups excluding carboxylic acids is 2. The van der Waals surface area contributed by atoms with Crippen molar-refractivity contribution in [2.45, 2.75) is 57.8 Å². The van der Waals surface area contributed by atoms with Crippen molar-refractivity contribution in [3.05, 3.63) is 18.0 Å². The minimum absolute atomic E-state index is 0.185. The van der Waals surface area contributed by atoms with Gasteiger partial charge in [-0.3, -0.25) is 14.7 Å². The van der Waals surface area contributed by atoms with Gasteiger partial charge in [-0.2, -0.15) is 5.10 Å². The molecule has 1 aromatic heterocycles. The van der Waals surface area contributed by atoms with E-state index in [2.05, 4.69) is 10.2 Å². The average Bonchev–Trinajstić information content (AvgIpc) is 2.87. The number of aromatic nitrogens is 2. The van der Waals surface area contributed by atoms with Crippen LogP contribution in [0.5, 0.6) is 0 Å². The Balaban J connectivity index is 1.47. The smallest absolute Gasteiger partial charge is 0.225 e. The van der Waals surface area contributed by atoms with Crippen LogP contribution in [0.1, 0.15) is 56.9 Å². The van der Waals surface area contributed by atoms with E-state index in [-0.39, 0.29) is 11.8 Å². The summed E-state index contributed by atoms with van der Waals surface area (Å²) in [6.07, 6.45) is 12.7. The van der Waals surface area contributed by atoms with Crippen LogP contribution in [-0.4, -0.2) is 58.0 Å². The summed E-state index contributed by atoms with van der Waals surface area (Å²) in [6, 6.07) is 0. The quantitative estimate of drug-likeness (QED) is 0.851. The summed E-state index contributed by atoms with van der Waals surface area (Å²) in [5.74, 6) is 0.727. The zero-order chi connectivity index (χ0) is 17.5. The van der Waals surface area contributed by atoms with Gasteiger partial charge in [-0.1, -0.05) is 25.7 Å². The van der Waals surface area contributed by atoms with Crippen molar-refractivity contribution in [1.82, 2.24) is 20.0 Å². The fraction of sp³-hybridized carbons (Fsp3) is 0.737. The zero-order valence-electron chi connectivity index (χ0n) is 15.1. The van der Waals surface area contributed by atoms with E-state index in [9.17, 15) is 9.59 Å². The van der Waals surface area contributed by atoms with Gasteiger partial charge >= 0.3 is 0 Å². The predicted octanol–water partition coefficient (Wildman–Crippen LogP) is 2.37. The molecule has 0 spiro atoms. The molecular weight excluding hydrogens is 316 g/mol. The molecule has 2 amide bonds. The second-order valence-corrected chi connectivity index (χ2v) is 7.35. The SMILES string of the molecule is O=C(CCc1cn[nH]c1)N1CCCN(C(=O)C2CCCCCC2)CC1. The first-order valence-electron chi connectivity index (χ1n) is 9.78. The molecule has 2 fully saturated rings. The summed E-state index contributed by atoms with van der Waals surface area (Å²) >= 11 is 0. The Bertz CT molecular complexity index is 550. The molecule has 25 heavy (non-hydrogen) atoms. The molecule has 1 saturated heterocycles. The number of aromatic amines is 1. The van der Waals surface area contributed by atoms with E-state index < -0.39 is 0 Å². The Hall–Kier alpha value is -1.85. The number of rotatable bonds is 4. The molecule has 6 heteroatoms. The Labute approximate surface area is 149 Å². The maximum absolute atomic E-state index is 12.8. The van der Waals surface area contributed by atoms with Crippen molar-refractivity contribution < 1.29 is 9.59 Å². The van der Waals surface area contributed by atoms with Crippen LogP contribution in [0.15, 0.2) is 12.4 Å². The number of amides is 2. The topological polar surface area (TPSA) is 69.3 Å². The highest BCUT2D eigenvalue weighted by Crippen LogP contribution is 2.25. The van der Waals surface area contributed by atoms with Crippen molar-refractivity contribution in [3.8, 4) is 0 Å². The van der Waals surface area contributed by atoms with E-state index in [1.807, 2.05) is 16.0 Å². The van der Waals surface area contributed by atoms with Gasteiger partial charge in [0.2, 0.25) is 11.8 Å². The first-order chi connectivity index (χ1) is 12.2. The predicted molar refractivity (Wildman–Crippen MR) is 95.9 cm³/mol. The third-order valence-electron chi connectivity index (χ3n) is 5.55. The first-order valence-corrected chi connectivity index (χ1v) is 9.78. The summed E-state index contributed by atoms with van der Waals surface area (Å²) in [6.45, 7) is 2.91. The third-order valence-corrected chi connectivity index (χ3v) is 5.55. The normalized spacial score (nSPS) is 20.2. The van der Waals surface area contributed by atoms with Gasteiger partial charge in [0.25, 0.3) is 0 Å². The molecule has 1 aliphatic carbocycles. The highest BCUT2D eigenvalue weighted by atomic mass is 16.2. The molecule has 1 aliphatic heterocycles. The molecule has 0 aromatic carbocycles. The van der Waals surface area contributed by atoms with Gasteiger partial charge < -0.3 is 9.80 Å². The van der Waals surface area contributed by atoms with E-state index in [1.54, 1.807) is 6.20 Å². The Morgan fingerprint density at radius 3 is 2.44 bits per heavy atom.